The summed E-state index contributed by atoms with van der Waals surface area (Å²) in [7, 11) is 6.33. The smallest absolute Gasteiger partial charge is 0.162 e. The molecule has 0 radical (unpaired) electrons. The summed E-state index contributed by atoms with van der Waals surface area (Å²) in [6, 6.07) is 1.35. The highest BCUT2D eigenvalue weighted by Crippen LogP contribution is 2.39. The second-order valence-corrected chi connectivity index (χ2v) is 10.4. The molecule has 170 valence electrons. The van der Waals surface area contributed by atoms with Gasteiger partial charge in [0.05, 0.1) is 0 Å². The van der Waals surface area contributed by atoms with Crippen LogP contribution in [0.5, 0.6) is 0 Å². The van der Waals surface area contributed by atoms with Crippen LogP contribution in [0.2, 0.25) is 6.04 Å². The van der Waals surface area contributed by atoms with E-state index in [1.807, 2.05) is 0 Å². The Hall–Kier alpha value is 0.0569. The molecule has 0 aliphatic carbocycles. The van der Waals surface area contributed by atoms with Crippen molar-refractivity contribution in [3.63, 3.8) is 0 Å². The molecule has 4 nitrogen and oxygen atoms in total. The maximum absolute atomic E-state index is 6.15. The van der Waals surface area contributed by atoms with Crippen LogP contribution in [0.1, 0.15) is 73.1 Å². The van der Waals surface area contributed by atoms with E-state index in [9.17, 15) is 0 Å². The molecule has 0 fully saturated rings. The number of hydrogen-bond donors (Lipinski definition) is 0. The van der Waals surface area contributed by atoms with Gasteiger partial charge in [-0.05, 0) is 124 Å². The number of rotatable bonds is 19. The minimum atomic E-state index is -0.439. The lowest BCUT2D eigenvalue weighted by molar-refractivity contribution is 0.180. The lowest BCUT2D eigenvalue weighted by Crippen LogP contribution is -2.30. The average molecular weight is 416 g/mol. The summed E-state index contributed by atoms with van der Waals surface area (Å²) in [6.45, 7) is 18.3. The van der Waals surface area contributed by atoms with Gasteiger partial charge in [-0.3, -0.25) is 0 Å². The van der Waals surface area contributed by atoms with Crippen LogP contribution in [0, 0.1) is 5.41 Å². The van der Waals surface area contributed by atoms with Crippen LogP contribution in [0.4, 0.5) is 0 Å². The van der Waals surface area contributed by atoms with Gasteiger partial charge in [-0.1, -0.05) is 20.8 Å². The molecule has 0 saturated carbocycles. The van der Waals surface area contributed by atoms with E-state index in [1.54, 1.807) is 0 Å². The van der Waals surface area contributed by atoms with Crippen molar-refractivity contribution < 1.29 is 4.43 Å². The number of hydrogen-bond acceptors (Lipinski definition) is 4. The molecule has 0 saturated heterocycles. The quantitative estimate of drug-likeness (QED) is 0.296. The number of nitrogens with zero attached hydrogens (tertiary/aromatic N) is 3. The van der Waals surface area contributed by atoms with E-state index < -0.39 is 9.76 Å². The molecule has 0 bridgehead atoms. The van der Waals surface area contributed by atoms with E-state index in [0.717, 1.165) is 19.6 Å². The normalized spacial score (nSPS) is 13.3. The highest BCUT2D eigenvalue weighted by Gasteiger charge is 2.29. The molecular weight excluding hydrogens is 362 g/mol. The van der Waals surface area contributed by atoms with Gasteiger partial charge < -0.3 is 19.1 Å². The molecule has 0 amide bonds. The van der Waals surface area contributed by atoms with Crippen molar-refractivity contribution in [2.45, 2.75) is 85.3 Å². The second-order valence-electron chi connectivity index (χ2n) is 9.17. The molecular formula is C23H53N3OSi. The molecule has 0 aliphatic heterocycles. The third-order valence-electron chi connectivity index (χ3n) is 6.44. The molecule has 5 heteroatoms. The first-order valence-electron chi connectivity index (χ1n) is 12.0. The Morgan fingerprint density at radius 3 is 1.36 bits per heavy atom. The van der Waals surface area contributed by atoms with Gasteiger partial charge in [0, 0.05) is 6.10 Å². The molecule has 0 aromatic heterocycles. The predicted octanol–water partition coefficient (Wildman–Crippen LogP) is 4.10. The van der Waals surface area contributed by atoms with Crippen LogP contribution in [0.25, 0.3) is 0 Å². The first-order valence-corrected chi connectivity index (χ1v) is 13.5. The molecule has 0 aliphatic rings. The van der Waals surface area contributed by atoms with Gasteiger partial charge in [0.2, 0.25) is 0 Å². The molecule has 0 aromatic rings. The third kappa shape index (κ3) is 14.1. The molecule has 0 aromatic carbocycles. The molecule has 0 heterocycles. The standard InChI is InChI=1S/C23H53N3OSi/c1-9-24(6)18-12-15-23(21-28-27-22(4)5,16-13-19-25(7)10-2)17-14-20-26(8)11-3/h22H,9-21,28H2,1-8H3. The Morgan fingerprint density at radius 2 is 1.07 bits per heavy atom. The van der Waals surface area contributed by atoms with Crippen molar-refractivity contribution >= 4 is 9.76 Å². The Morgan fingerprint density at radius 1 is 0.714 bits per heavy atom. The van der Waals surface area contributed by atoms with Crippen molar-refractivity contribution in [2.75, 3.05) is 60.4 Å². The summed E-state index contributed by atoms with van der Waals surface area (Å²) in [5.74, 6) is 0. The Kier molecular flexibility index (Phi) is 16.8. The largest absolute Gasteiger partial charge is 0.422 e. The van der Waals surface area contributed by atoms with Crippen LogP contribution in [0.15, 0.2) is 0 Å². The van der Waals surface area contributed by atoms with E-state index in [1.165, 1.54) is 64.2 Å². The van der Waals surface area contributed by atoms with Crippen molar-refractivity contribution in [1.29, 1.82) is 0 Å². The molecule has 0 unspecified atom stereocenters. The second kappa shape index (κ2) is 16.8. The SMILES string of the molecule is CCN(C)CCCC(CCCN(C)CC)(CCCN(C)CC)C[SiH2]OC(C)C. The lowest BCUT2D eigenvalue weighted by atomic mass is 9.76. The molecule has 0 atom stereocenters. The zero-order chi connectivity index (χ0) is 21.4. The average Bonchev–Trinajstić information content (AvgIpc) is 2.66. The van der Waals surface area contributed by atoms with Gasteiger partial charge in [-0.15, -0.1) is 0 Å². The summed E-state index contributed by atoms with van der Waals surface area (Å²) in [5, 5.41) is 0. The highest BCUT2D eigenvalue weighted by atomic mass is 28.2. The fourth-order valence-corrected chi connectivity index (χ4v) is 5.68. The van der Waals surface area contributed by atoms with Crippen LogP contribution in [0.3, 0.4) is 0 Å². The lowest BCUT2D eigenvalue weighted by Gasteiger charge is -2.36. The van der Waals surface area contributed by atoms with Gasteiger partial charge in [0.25, 0.3) is 0 Å². The molecule has 0 N–H and O–H groups in total. The monoisotopic (exact) mass is 415 g/mol. The van der Waals surface area contributed by atoms with Crippen molar-refractivity contribution in [3.8, 4) is 0 Å². The minimum Gasteiger partial charge on any atom is -0.422 e. The Balaban J connectivity index is 4.99. The van der Waals surface area contributed by atoms with Gasteiger partial charge in [-0.2, -0.15) is 0 Å². The maximum Gasteiger partial charge on any atom is 0.162 e. The molecule has 28 heavy (non-hydrogen) atoms. The fraction of sp³-hybridized carbons (Fsp3) is 1.00. The van der Waals surface area contributed by atoms with Crippen LogP contribution in [-0.4, -0.2) is 91.0 Å². The summed E-state index contributed by atoms with van der Waals surface area (Å²) < 4.78 is 6.15. The third-order valence-corrected chi connectivity index (χ3v) is 8.61. The summed E-state index contributed by atoms with van der Waals surface area (Å²) in [4.78, 5) is 7.38. The van der Waals surface area contributed by atoms with E-state index in [0.29, 0.717) is 11.5 Å². The van der Waals surface area contributed by atoms with Crippen LogP contribution >= 0.6 is 0 Å². The molecule has 0 spiro atoms. The Bertz CT molecular complexity index is 314. The van der Waals surface area contributed by atoms with Crippen molar-refractivity contribution in [2.24, 2.45) is 5.41 Å². The summed E-state index contributed by atoms with van der Waals surface area (Å²) in [6.07, 6.45) is 8.49. The summed E-state index contributed by atoms with van der Waals surface area (Å²) >= 11 is 0. The van der Waals surface area contributed by atoms with E-state index >= 15 is 0 Å². The van der Waals surface area contributed by atoms with E-state index in [2.05, 4.69) is 70.5 Å². The van der Waals surface area contributed by atoms with Gasteiger partial charge in [0.1, 0.15) is 0 Å². The van der Waals surface area contributed by atoms with E-state index in [4.69, 9.17) is 4.43 Å². The first-order chi connectivity index (χ1) is 13.3. The maximum atomic E-state index is 6.15. The van der Waals surface area contributed by atoms with Crippen molar-refractivity contribution in [3.05, 3.63) is 0 Å². The summed E-state index contributed by atoms with van der Waals surface area (Å²) in [5.41, 5.74) is 0.499. The van der Waals surface area contributed by atoms with Crippen LogP contribution < -0.4 is 0 Å². The highest BCUT2D eigenvalue weighted by molar-refractivity contribution is 6.27. The zero-order valence-electron chi connectivity index (χ0n) is 20.7. The van der Waals surface area contributed by atoms with Crippen molar-refractivity contribution in [1.82, 2.24) is 14.7 Å². The first kappa shape index (κ1) is 28.1. The Labute approximate surface area is 180 Å². The van der Waals surface area contributed by atoms with Gasteiger partial charge >= 0.3 is 0 Å². The van der Waals surface area contributed by atoms with E-state index in [-0.39, 0.29) is 0 Å². The van der Waals surface area contributed by atoms with Gasteiger partial charge in [-0.25, -0.2) is 0 Å². The topological polar surface area (TPSA) is 19.0 Å². The van der Waals surface area contributed by atoms with Crippen LogP contribution in [-0.2, 0) is 4.43 Å². The molecule has 0 rings (SSSR count). The predicted molar refractivity (Wildman–Crippen MR) is 129 cm³/mol. The fourth-order valence-electron chi connectivity index (χ4n) is 3.91. The van der Waals surface area contributed by atoms with Gasteiger partial charge in [0.15, 0.2) is 9.76 Å². The minimum absolute atomic E-state index is 0.396. The zero-order valence-corrected chi connectivity index (χ0v) is 22.1.